The van der Waals surface area contributed by atoms with Gasteiger partial charge in [-0.3, -0.25) is 9.78 Å². The molecule has 3 aromatic rings. The zero-order chi connectivity index (χ0) is 17.6. The van der Waals surface area contributed by atoms with Crippen molar-refractivity contribution >= 4 is 16.8 Å². The Labute approximate surface area is 149 Å². The lowest BCUT2D eigenvalue weighted by molar-refractivity contribution is -0.121. The molecule has 1 atom stereocenters. The van der Waals surface area contributed by atoms with Gasteiger partial charge in [0.25, 0.3) is 0 Å². The van der Waals surface area contributed by atoms with Crippen LogP contribution in [-0.4, -0.2) is 10.9 Å². The van der Waals surface area contributed by atoms with Gasteiger partial charge in [-0.2, -0.15) is 0 Å². The van der Waals surface area contributed by atoms with Crippen molar-refractivity contribution in [3.63, 3.8) is 0 Å². The fourth-order valence-corrected chi connectivity index (χ4v) is 3.16. The van der Waals surface area contributed by atoms with Gasteiger partial charge in [0.05, 0.1) is 18.0 Å². The smallest absolute Gasteiger partial charge is 0.224 e. The van der Waals surface area contributed by atoms with Crippen LogP contribution in [0.25, 0.3) is 10.9 Å². The number of nitrogens with zero attached hydrogens (tertiary/aromatic N) is 1. The molecule has 1 aromatic heterocycles. The summed E-state index contributed by atoms with van der Waals surface area (Å²) >= 11 is 0. The predicted octanol–water partition coefficient (Wildman–Crippen LogP) is 4.68. The summed E-state index contributed by atoms with van der Waals surface area (Å²) in [6.07, 6.45) is 3.04. The number of aromatic nitrogens is 1. The summed E-state index contributed by atoms with van der Waals surface area (Å²) in [5.41, 5.74) is 3.02. The molecule has 0 aliphatic carbocycles. The van der Waals surface area contributed by atoms with E-state index in [2.05, 4.69) is 36.3 Å². The van der Waals surface area contributed by atoms with Gasteiger partial charge in [-0.25, -0.2) is 0 Å². The molecule has 1 heterocycles. The van der Waals surface area contributed by atoms with Gasteiger partial charge < -0.3 is 5.32 Å². The first-order valence-electron chi connectivity index (χ1n) is 8.80. The summed E-state index contributed by atoms with van der Waals surface area (Å²) in [6.45, 7) is 4.35. The van der Waals surface area contributed by atoms with E-state index in [1.54, 1.807) is 6.20 Å². The molecule has 0 bridgehead atoms. The van der Waals surface area contributed by atoms with Gasteiger partial charge in [0.2, 0.25) is 5.91 Å². The summed E-state index contributed by atoms with van der Waals surface area (Å²) < 4.78 is 0. The lowest BCUT2D eigenvalue weighted by Gasteiger charge is -2.21. The van der Waals surface area contributed by atoms with Crippen molar-refractivity contribution in [1.29, 1.82) is 0 Å². The van der Waals surface area contributed by atoms with Gasteiger partial charge in [0.1, 0.15) is 0 Å². The van der Waals surface area contributed by atoms with Gasteiger partial charge in [0, 0.05) is 11.6 Å². The number of hydrogen-bond donors (Lipinski definition) is 1. The predicted molar refractivity (Wildman–Crippen MR) is 102 cm³/mol. The monoisotopic (exact) mass is 332 g/mol. The number of rotatable bonds is 6. The van der Waals surface area contributed by atoms with Gasteiger partial charge in [0.15, 0.2) is 0 Å². The lowest BCUT2D eigenvalue weighted by atomic mass is 9.96. The molecule has 3 heteroatoms. The van der Waals surface area contributed by atoms with Crippen LogP contribution in [0.5, 0.6) is 0 Å². The third kappa shape index (κ3) is 4.44. The van der Waals surface area contributed by atoms with Crippen LogP contribution in [0.15, 0.2) is 66.9 Å². The van der Waals surface area contributed by atoms with Crippen molar-refractivity contribution < 1.29 is 4.79 Å². The van der Waals surface area contributed by atoms with Crippen molar-refractivity contribution in [3.8, 4) is 0 Å². The number of hydrogen-bond acceptors (Lipinski definition) is 2. The van der Waals surface area contributed by atoms with E-state index in [1.165, 1.54) is 0 Å². The lowest BCUT2D eigenvalue weighted by Crippen LogP contribution is -2.30. The maximum atomic E-state index is 12.7. The fraction of sp³-hybridized carbons (Fsp3) is 0.273. The van der Waals surface area contributed by atoms with Crippen LogP contribution in [-0.2, 0) is 11.2 Å². The maximum absolute atomic E-state index is 12.7. The van der Waals surface area contributed by atoms with E-state index >= 15 is 0 Å². The average molecular weight is 332 g/mol. The minimum absolute atomic E-state index is 0.0349. The van der Waals surface area contributed by atoms with E-state index < -0.39 is 0 Å². The molecule has 0 saturated carbocycles. The van der Waals surface area contributed by atoms with Crippen molar-refractivity contribution in [2.45, 2.75) is 32.7 Å². The van der Waals surface area contributed by atoms with E-state index in [-0.39, 0.29) is 11.9 Å². The Balaban J connectivity index is 1.77. The number of para-hydroxylation sites is 1. The number of pyridine rings is 1. The zero-order valence-corrected chi connectivity index (χ0v) is 14.8. The third-order valence-electron chi connectivity index (χ3n) is 4.31. The summed E-state index contributed by atoms with van der Waals surface area (Å²) in [5, 5.41) is 4.28. The molecule has 1 N–H and O–H groups in total. The first-order valence-corrected chi connectivity index (χ1v) is 8.80. The molecule has 1 amide bonds. The molecule has 0 fully saturated rings. The van der Waals surface area contributed by atoms with Crippen LogP contribution >= 0.6 is 0 Å². The molecular weight excluding hydrogens is 308 g/mol. The minimum Gasteiger partial charge on any atom is -0.349 e. The molecule has 1 unspecified atom stereocenters. The Hall–Kier alpha value is -2.68. The molecule has 3 rings (SSSR count). The first-order chi connectivity index (χ1) is 12.1. The largest absolute Gasteiger partial charge is 0.349 e. The topological polar surface area (TPSA) is 42.0 Å². The van der Waals surface area contributed by atoms with Gasteiger partial charge in [-0.1, -0.05) is 68.4 Å². The normalized spacial score (nSPS) is 12.3. The maximum Gasteiger partial charge on any atom is 0.224 e. The summed E-state index contributed by atoms with van der Waals surface area (Å²) in [7, 11) is 0. The summed E-state index contributed by atoms with van der Waals surface area (Å²) in [5.74, 6) is 0.539. The number of nitrogens with one attached hydrogen (secondary N) is 1. The molecule has 0 radical (unpaired) electrons. The van der Waals surface area contributed by atoms with Crippen molar-refractivity contribution in [2.75, 3.05) is 0 Å². The molecule has 0 saturated heterocycles. The number of carbonyl (C=O) groups excluding carboxylic acids is 1. The Morgan fingerprint density at radius 2 is 1.76 bits per heavy atom. The number of carbonyl (C=O) groups is 1. The van der Waals surface area contributed by atoms with E-state index in [4.69, 9.17) is 0 Å². The SMILES string of the molecule is CC(C)CC(NC(=O)Cc1cccc2cccnc12)c1ccccc1. The number of fused-ring (bicyclic) bond motifs is 1. The van der Waals surface area contributed by atoms with Crippen molar-refractivity contribution in [2.24, 2.45) is 5.92 Å². The molecule has 3 nitrogen and oxygen atoms in total. The fourth-order valence-electron chi connectivity index (χ4n) is 3.16. The molecule has 0 aliphatic heterocycles. The van der Waals surface area contributed by atoms with Crippen LogP contribution in [0.4, 0.5) is 0 Å². The second-order valence-corrected chi connectivity index (χ2v) is 6.83. The summed E-state index contributed by atoms with van der Waals surface area (Å²) in [6, 6.07) is 20.2. The minimum atomic E-state index is 0.0349. The van der Waals surface area contributed by atoms with E-state index in [9.17, 15) is 4.79 Å². The Kier molecular flexibility index (Phi) is 5.44. The summed E-state index contributed by atoms with van der Waals surface area (Å²) in [4.78, 5) is 17.1. The highest BCUT2D eigenvalue weighted by Crippen LogP contribution is 2.22. The van der Waals surface area contributed by atoms with Crippen LogP contribution in [0, 0.1) is 5.92 Å². The van der Waals surface area contributed by atoms with Crippen LogP contribution in [0.2, 0.25) is 0 Å². The third-order valence-corrected chi connectivity index (χ3v) is 4.31. The van der Waals surface area contributed by atoms with E-state index in [0.717, 1.165) is 28.5 Å². The van der Waals surface area contributed by atoms with Crippen LogP contribution in [0.1, 0.15) is 37.4 Å². The molecular formula is C22H24N2O. The highest BCUT2D eigenvalue weighted by Gasteiger charge is 2.17. The Morgan fingerprint density at radius 1 is 1.00 bits per heavy atom. The Morgan fingerprint density at radius 3 is 2.52 bits per heavy atom. The molecule has 128 valence electrons. The first kappa shape index (κ1) is 17.2. The molecule has 0 spiro atoms. The van der Waals surface area contributed by atoms with Crippen molar-refractivity contribution in [3.05, 3.63) is 78.0 Å². The zero-order valence-electron chi connectivity index (χ0n) is 14.8. The van der Waals surface area contributed by atoms with Gasteiger partial charge >= 0.3 is 0 Å². The molecule has 25 heavy (non-hydrogen) atoms. The standard InChI is InChI=1S/C22H24N2O/c1-16(2)14-20(17-8-4-3-5-9-17)24-21(25)15-19-11-6-10-18-12-7-13-23-22(18)19/h3-13,16,20H,14-15H2,1-2H3,(H,24,25). The number of benzene rings is 2. The van der Waals surface area contributed by atoms with Gasteiger partial charge in [-0.05, 0) is 29.5 Å². The second kappa shape index (κ2) is 7.93. The van der Waals surface area contributed by atoms with Crippen LogP contribution < -0.4 is 5.32 Å². The highest BCUT2D eigenvalue weighted by molar-refractivity contribution is 5.87. The average Bonchev–Trinajstić information content (AvgIpc) is 2.62. The molecule has 0 aliphatic rings. The Bertz CT molecular complexity index is 838. The quantitative estimate of drug-likeness (QED) is 0.712. The van der Waals surface area contributed by atoms with Crippen LogP contribution in [0.3, 0.4) is 0 Å². The van der Waals surface area contributed by atoms with Crippen molar-refractivity contribution in [1.82, 2.24) is 10.3 Å². The number of amides is 1. The van der Waals surface area contributed by atoms with Gasteiger partial charge in [-0.15, -0.1) is 0 Å². The second-order valence-electron chi connectivity index (χ2n) is 6.83. The highest BCUT2D eigenvalue weighted by atomic mass is 16.1. The van der Waals surface area contributed by atoms with E-state index in [1.807, 2.05) is 48.5 Å². The van der Waals surface area contributed by atoms with E-state index in [0.29, 0.717) is 12.3 Å². The molecule has 2 aromatic carbocycles.